The maximum atomic E-state index is 12.5. The maximum Gasteiger partial charge on any atom is 0.254 e. The van der Waals surface area contributed by atoms with Gasteiger partial charge in [-0.15, -0.1) is 5.10 Å². The molecule has 0 aliphatic heterocycles. The Morgan fingerprint density at radius 2 is 1.80 bits per heavy atom. The Morgan fingerprint density at radius 3 is 2.48 bits per heavy atom. The second kappa shape index (κ2) is 7.04. The van der Waals surface area contributed by atoms with Gasteiger partial charge in [-0.25, -0.2) is 0 Å². The van der Waals surface area contributed by atoms with Crippen molar-refractivity contribution < 1.29 is 14.3 Å². The number of nitrogen functional groups attached to an aromatic ring is 1. The van der Waals surface area contributed by atoms with E-state index < -0.39 is 0 Å². The molecule has 25 heavy (non-hydrogen) atoms. The molecule has 7 nitrogen and oxygen atoms in total. The van der Waals surface area contributed by atoms with Gasteiger partial charge in [-0.1, -0.05) is 36.4 Å². The van der Waals surface area contributed by atoms with Gasteiger partial charge >= 0.3 is 0 Å². The highest BCUT2D eigenvalue weighted by Gasteiger charge is 2.16. The Labute approximate surface area is 145 Å². The first-order valence-electron chi connectivity index (χ1n) is 7.64. The minimum atomic E-state index is -0.278. The molecule has 0 bridgehead atoms. The molecule has 0 radical (unpaired) electrons. The Morgan fingerprint density at radius 1 is 1.08 bits per heavy atom. The number of benzene rings is 2. The molecule has 0 amide bonds. The van der Waals surface area contributed by atoms with Gasteiger partial charge in [0.1, 0.15) is 0 Å². The number of nitrogens with zero attached hydrogens (tertiary/aromatic N) is 3. The lowest BCUT2D eigenvalue weighted by Gasteiger charge is -2.09. The van der Waals surface area contributed by atoms with E-state index in [0.717, 1.165) is 15.8 Å². The van der Waals surface area contributed by atoms with E-state index >= 15 is 0 Å². The molecule has 128 valence electrons. The lowest BCUT2D eigenvalue weighted by Crippen LogP contribution is -2.17. The van der Waals surface area contributed by atoms with Crippen LogP contribution in [0.2, 0.25) is 0 Å². The van der Waals surface area contributed by atoms with Crippen LogP contribution in [0.3, 0.4) is 0 Å². The third-order valence-electron chi connectivity index (χ3n) is 3.70. The Hall–Kier alpha value is -3.35. The van der Waals surface area contributed by atoms with Gasteiger partial charge < -0.3 is 15.2 Å². The number of anilines is 1. The van der Waals surface area contributed by atoms with E-state index in [1.165, 1.54) is 0 Å². The molecular weight excluding hydrogens is 320 g/mol. The Kier molecular flexibility index (Phi) is 4.65. The lowest BCUT2D eigenvalue weighted by atomic mass is 10.1. The molecule has 0 fully saturated rings. The monoisotopic (exact) mass is 338 g/mol. The molecule has 0 atom stereocenters. The molecule has 0 unspecified atom stereocenters. The highest BCUT2D eigenvalue weighted by Crippen LogP contribution is 2.28. The van der Waals surface area contributed by atoms with Gasteiger partial charge in [-0.05, 0) is 17.7 Å². The lowest BCUT2D eigenvalue weighted by molar-refractivity contribution is 0.0901. The summed E-state index contributed by atoms with van der Waals surface area (Å²) < 4.78 is 11.6. The van der Waals surface area contributed by atoms with Crippen LogP contribution in [0.5, 0.6) is 11.5 Å². The van der Waals surface area contributed by atoms with Crippen molar-refractivity contribution in [2.45, 2.75) is 6.42 Å². The minimum Gasteiger partial charge on any atom is -0.493 e. The fourth-order valence-corrected chi connectivity index (χ4v) is 2.46. The number of methoxy groups -OCH3 is 2. The molecule has 0 spiro atoms. The van der Waals surface area contributed by atoms with Crippen molar-refractivity contribution in [2.24, 2.45) is 0 Å². The van der Waals surface area contributed by atoms with Crippen molar-refractivity contribution >= 4 is 11.9 Å². The zero-order chi connectivity index (χ0) is 17.8. The van der Waals surface area contributed by atoms with Crippen LogP contribution in [-0.2, 0) is 6.42 Å². The van der Waals surface area contributed by atoms with E-state index in [4.69, 9.17) is 15.2 Å². The maximum absolute atomic E-state index is 12.5. The molecule has 3 rings (SSSR count). The van der Waals surface area contributed by atoms with Crippen LogP contribution in [0.1, 0.15) is 10.4 Å². The van der Waals surface area contributed by atoms with Gasteiger partial charge in [0.15, 0.2) is 17.3 Å². The first kappa shape index (κ1) is 16.5. The zero-order valence-electron chi connectivity index (χ0n) is 14.0. The fourth-order valence-electron chi connectivity index (χ4n) is 2.46. The molecular formula is C18H18N4O3. The van der Waals surface area contributed by atoms with E-state index in [1.807, 2.05) is 30.3 Å². The van der Waals surface area contributed by atoms with E-state index in [2.05, 4.69) is 10.1 Å². The molecule has 0 aliphatic carbocycles. The fraction of sp³-hybridized carbons (Fsp3) is 0.167. The van der Waals surface area contributed by atoms with Crippen molar-refractivity contribution in [3.8, 4) is 22.9 Å². The average molecular weight is 338 g/mol. The third kappa shape index (κ3) is 3.45. The Balaban J connectivity index is 1.83. The number of ether oxygens (including phenoxy) is 2. The van der Waals surface area contributed by atoms with Gasteiger partial charge in [0.05, 0.1) is 20.6 Å². The minimum absolute atomic E-state index is 0.0596. The summed E-state index contributed by atoms with van der Waals surface area (Å²) in [6.07, 6.45) is 0.113. The molecule has 2 aromatic carbocycles. The van der Waals surface area contributed by atoms with Gasteiger partial charge in [0, 0.05) is 5.56 Å². The first-order valence-corrected chi connectivity index (χ1v) is 7.64. The molecule has 2 N–H and O–H groups in total. The topological polar surface area (TPSA) is 92.3 Å². The summed E-state index contributed by atoms with van der Waals surface area (Å²) >= 11 is 0. The smallest absolute Gasteiger partial charge is 0.254 e. The van der Waals surface area contributed by atoms with Crippen LogP contribution < -0.4 is 15.2 Å². The van der Waals surface area contributed by atoms with E-state index in [0.29, 0.717) is 17.3 Å². The quantitative estimate of drug-likeness (QED) is 0.768. The summed E-state index contributed by atoms with van der Waals surface area (Å²) in [5.74, 6) is 1.36. The number of aromatic nitrogens is 3. The summed E-state index contributed by atoms with van der Waals surface area (Å²) in [7, 11) is 3.11. The summed E-state index contributed by atoms with van der Waals surface area (Å²) in [5.41, 5.74) is 7.42. The molecule has 0 saturated heterocycles. The SMILES string of the molecule is COc1ccc(CC(=O)n2nc(-c3ccccc3)nc2N)cc1OC. The standard InChI is InChI=1S/C18H18N4O3/c1-24-14-9-8-12(10-15(14)25-2)11-16(23)22-18(19)20-17(21-22)13-6-4-3-5-7-13/h3-10H,11H2,1-2H3,(H2,19,20,21). The van der Waals surface area contributed by atoms with Crippen LogP contribution in [-0.4, -0.2) is 34.9 Å². The van der Waals surface area contributed by atoms with Crippen molar-refractivity contribution in [3.05, 3.63) is 54.1 Å². The molecule has 1 aromatic heterocycles. The highest BCUT2D eigenvalue weighted by atomic mass is 16.5. The number of carbonyl (C=O) groups excluding carboxylic acids is 1. The van der Waals surface area contributed by atoms with Crippen LogP contribution in [0.25, 0.3) is 11.4 Å². The number of rotatable bonds is 5. The number of nitrogens with two attached hydrogens (primary N) is 1. The van der Waals surface area contributed by atoms with Crippen LogP contribution in [0.15, 0.2) is 48.5 Å². The summed E-state index contributed by atoms with van der Waals surface area (Å²) in [6.45, 7) is 0. The van der Waals surface area contributed by atoms with Crippen LogP contribution >= 0.6 is 0 Å². The molecule has 0 aliphatic rings. The number of hydrogen-bond acceptors (Lipinski definition) is 6. The summed E-state index contributed by atoms with van der Waals surface area (Å²) in [4.78, 5) is 16.7. The van der Waals surface area contributed by atoms with E-state index in [9.17, 15) is 4.79 Å². The molecule has 3 aromatic rings. The van der Waals surface area contributed by atoms with E-state index in [-0.39, 0.29) is 18.3 Å². The molecule has 1 heterocycles. The first-order chi connectivity index (χ1) is 12.1. The Bertz CT molecular complexity index is 891. The van der Waals surface area contributed by atoms with Gasteiger partial charge in [0.2, 0.25) is 5.95 Å². The predicted molar refractivity (Wildman–Crippen MR) is 93.7 cm³/mol. The van der Waals surface area contributed by atoms with Gasteiger partial charge in [0.25, 0.3) is 5.91 Å². The largest absolute Gasteiger partial charge is 0.493 e. The third-order valence-corrected chi connectivity index (χ3v) is 3.70. The second-order valence-electron chi connectivity index (χ2n) is 5.33. The van der Waals surface area contributed by atoms with Crippen LogP contribution in [0.4, 0.5) is 5.95 Å². The zero-order valence-corrected chi connectivity index (χ0v) is 14.0. The number of hydrogen-bond donors (Lipinski definition) is 1. The highest BCUT2D eigenvalue weighted by molar-refractivity contribution is 5.83. The van der Waals surface area contributed by atoms with E-state index in [1.54, 1.807) is 32.4 Å². The van der Waals surface area contributed by atoms with Crippen molar-refractivity contribution in [3.63, 3.8) is 0 Å². The number of carbonyl (C=O) groups is 1. The molecule has 7 heteroatoms. The average Bonchev–Trinajstić information content (AvgIpc) is 3.04. The van der Waals surface area contributed by atoms with Crippen molar-refractivity contribution in [1.29, 1.82) is 0 Å². The summed E-state index contributed by atoms with van der Waals surface area (Å²) in [6, 6.07) is 14.7. The molecule has 0 saturated carbocycles. The van der Waals surface area contributed by atoms with Crippen molar-refractivity contribution in [1.82, 2.24) is 14.8 Å². The second-order valence-corrected chi connectivity index (χ2v) is 5.33. The summed E-state index contributed by atoms with van der Waals surface area (Å²) in [5, 5.41) is 4.23. The van der Waals surface area contributed by atoms with Crippen LogP contribution in [0, 0.1) is 0 Å². The van der Waals surface area contributed by atoms with Crippen molar-refractivity contribution in [2.75, 3.05) is 20.0 Å². The normalized spacial score (nSPS) is 10.5. The van der Waals surface area contributed by atoms with Gasteiger partial charge in [-0.3, -0.25) is 4.79 Å². The van der Waals surface area contributed by atoms with Gasteiger partial charge in [-0.2, -0.15) is 9.67 Å². The predicted octanol–water partition coefficient (Wildman–Crippen LogP) is 2.43.